The van der Waals surface area contributed by atoms with Crippen molar-refractivity contribution < 1.29 is 14.2 Å². The van der Waals surface area contributed by atoms with Crippen LogP contribution in [-0.2, 0) is 16.0 Å². The van der Waals surface area contributed by atoms with E-state index in [1.165, 1.54) is 0 Å². The molecule has 0 aliphatic carbocycles. The summed E-state index contributed by atoms with van der Waals surface area (Å²) in [4.78, 5) is 3.94. The number of ether oxygens (including phenoxy) is 3. The van der Waals surface area contributed by atoms with E-state index < -0.39 is 0 Å². The lowest BCUT2D eigenvalue weighted by Crippen LogP contribution is -2.22. The fourth-order valence-corrected chi connectivity index (χ4v) is 1.46. The maximum absolute atomic E-state index is 5.54. The van der Waals surface area contributed by atoms with Gasteiger partial charge >= 0.3 is 0 Å². The highest BCUT2D eigenvalue weighted by Crippen LogP contribution is 2.12. The molecule has 1 aromatic rings. The standard InChI is InChI=1S/C14H23N3O3/c1-2-18-7-8-19-9-10-20-13-5-3-12(4-6-13)11-17-14(15)16/h3-6H,2,7-11H2,1H3,(H4,15,16,17). The fourth-order valence-electron chi connectivity index (χ4n) is 1.46. The van der Waals surface area contributed by atoms with E-state index in [9.17, 15) is 0 Å². The van der Waals surface area contributed by atoms with Crippen molar-refractivity contribution in [3.05, 3.63) is 29.8 Å². The Kier molecular flexibility index (Phi) is 8.17. The molecule has 4 N–H and O–H groups in total. The van der Waals surface area contributed by atoms with Gasteiger partial charge in [0.15, 0.2) is 5.96 Å². The number of benzene rings is 1. The van der Waals surface area contributed by atoms with E-state index in [2.05, 4.69) is 4.99 Å². The summed E-state index contributed by atoms with van der Waals surface area (Å²) in [7, 11) is 0. The molecule has 0 radical (unpaired) electrons. The van der Waals surface area contributed by atoms with E-state index in [-0.39, 0.29) is 5.96 Å². The van der Waals surface area contributed by atoms with Gasteiger partial charge in [0.05, 0.1) is 26.4 Å². The molecule has 0 saturated carbocycles. The molecule has 0 amide bonds. The maximum Gasteiger partial charge on any atom is 0.186 e. The molecule has 0 bridgehead atoms. The van der Waals surface area contributed by atoms with Crippen molar-refractivity contribution >= 4 is 5.96 Å². The largest absolute Gasteiger partial charge is 0.491 e. The van der Waals surface area contributed by atoms with Crippen molar-refractivity contribution in [1.82, 2.24) is 0 Å². The maximum atomic E-state index is 5.54. The molecule has 0 heterocycles. The number of nitrogens with zero attached hydrogens (tertiary/aromatic N) is 1. The van der Waals surface area contributed by atoms with E-state index in [0.717, 1.165) is 11.3 Å². The Labute approximate surface area is 119 Å². The molecule has 0 aromatic heterocycles. The minimum atomic E-state index is 0.0922. The summed E-state index contributed by atoms with van der Waals surface area (Å²) in [6, 6.07) is 7.63. The third kappa shape index (κ3) is 7.60. The van der Waals surface area contributed by atoms with Gasteiger partial charge in [0.2, 0.25) is 0 Å². The van der Waals surface area contributed by atoms with Crippen molar-refractivity contribution in [3.8, 4) is 5.75 Å². The van der Waals surface area contributed by atoms with Crippen molar-refractivity contribution in [3.63, 3.8) is 0 Å². The van der Waals surface area contributed by atoms with Gasteiger partial charge in [-0.1, -0.05) is 12.1 Å². The summed E-state index contributed by atoms with van der Waals surface area (Å²) in [5.41, 5.74) is 11.6. The van der Waals surface area contributed by atoms with E-state index in [0.29, 0.717) is 39.6 Å². The second kappa shape index (κ2) is 10.1. The molecule has 0 aliphatic heterocycles. The summed E-state index contributed by atoms with van der Waals surface area (Å²) >= 11 is 0. The van der Waals surface area contributed by atoms with Crippen LogP contribution in [0.25, 0.3) is 0 Å². The van der Waals surface area contributed by atoms with Crippen LogP contribution in [0.3, 0.4) is 0 Å². The molecule has 6 heteroatoms. The van der Waals surface area contributed by atoms with Crippen LogP contribution >= 0.6 is 0 Å². The van der Waals surface area contributed by atoms with Crippen LogP contribution in [0, 0.1) is 0 Å². The SMILES string of the molecule is CCOCCOCCOc1ccc(CN=C(N)N)cc1. The van der Waals surface area contributed by atoms with E-state index in [4.69, 9.17) is 25.7 Å². The zero-order valence-corrected chi connectivity index (χ0v) is 11.9. The second-order valence-electron chi connectivity index (χ2n) is 4.04. The number of rotatable bonds is 10. The van der Waals surface area contributed by atoms with Crippen molar-refractivity contribution in [2.24, 2.45) is 16.5 Å². The molecule has 1 rings (SSSR count). The number of guanidine groups is 1. The van der Waals surface area contributed by atoms with E-state index in [1.54, 1.807) is 0 Å². The zero-order chi connectivity index (χ0) is 14.6. The molecular weight excluding hydrogens is 258 g/mol. The average molecular weight is 281 g/mol. The summed E-state index contributed by atoms with van der Waals surface area (Å²) in [5, 5.41) is 0. The van der Waals surface area contributed by atoms with Gasteiger partial charge in [0, 0.05) is 6.61 Å². The predicted octanol–water partition coefficient (Wildman–Crippen LogP) is 0.892. The van der Waals surface area contributed by atoms with Crippen molar-refractivity contribution in [1.29, 1.82) is 0 Å². The average Bonchev–Trinajstić information content (AvgIpc) is 2.45. The molecule has 0 atom stereocenters. The lowest BCUT2D eigenvalue weighted by atomic mass is 10.2. The van der Waals surface area contributed by atoms with Crippen LogP contribution in [0.4, 0.5) is 0 Å². The number of hydrogen-bond acceptors (Lipinski definition) is 4. The summed E-state index contributed by atoms with van der Waals surface area (Å²) in [6.45, 7) is 5.42. The first-order valence-corrected chi connectivity index (χ1v) is 6.65. The van der Waals surface area contributed by atoms with Gasteiger partial charge in [0.1, 0.15) is 12.4 Å². The Bertz CT molecular complexity index is 389. The van der Waals surface area contributed by atoms with Crippen molar-refractivity contribution in [2.75, 3.05) is 33.0 Å². The van der Waals surface area contributed by atoms with Crippen LogP contribution in [-0.4, -0.2) is 39.0 Å². The third-order valence-corrected chi connectivity index (χ3v) is 2.44. The van der Waals surface area contributed by atoms with E-state index in [1.807, 2.05) is 31.2 Å². The minimum Gasteiger partial charge on any atom is -0.491 e. The molecule has 0 aliphatic rings. The van der Waals surface area contributed by atoms with Gasteiger partial charge in [-0.25, -0.2) is 4.99 Å². The van der Waals surface area contributed by atoms with Crippen molar-refractivity contribution in [2.45, 2.75) is 13.5 Å². The first-order chi connectivity index (χ1) is 9.72. The lowest BCUT2D eigenvalue weighted by molar-refractivity contribution is 0.0405. The quantitative estimate of drug-likeness (QED) is 0.377. The highest BCUT2D eigenvalue weighted by molar-refractivity contribution is 5.75. The molecular formula is C14H23N3O3. The molecule has 20 heavy (non-hydrogen) atoms. The molecule has 0 spiro atoms. The Morgan fingerprint density at radius 2 is 1.65 bits per heavy atom. The Hall–Kier alpha value is -1.79. The molecule has 0 saturated heterocycles. The highest BCUT2D eigenvalue weighted by atomic mass is 16.5. The number of aliphatic imine (C=N–C) groups is 1. The minimum absolute atomic E-state index is 0.0922. The molecule has 0 fully saturated rings. The predicted molar refractivity (Wildman–Crippen MR) is 78.8 cm³/mol. The fraction of sp³-hybridized carbons (Fsp3) is 0.500. The van der Waals surface area contributed by atoms with E-state index >= 15 is 0 Å². The Balaban J connectivity index is 2.16. The van der Waals surface area contributed by atoms with Crippen LogP contribution in [0.1, 0.15) is 12.5 Å². The Morgan fingerprint density at radius 1 is 1.00 bits per heavy atom. The van der Waals surface area contributed by atoms with Crippen LogP contribution in [0.2, 0.25) is 0 Å². The summed E-state index contributed by atoms with van der Waals surface area (Å²) in [6.07, 6.45) is 0. The third-order valence-electron chi connectivity index (χ3n) is 2.44. The van der Waals surface area contributed by atoms with Crippen LogP contribution in [0.15, 0.2) is 29.3 Å². The normalized spacial score (nSPS) is 10.2. The zero-order valence-electron chi connectivity index (χ0n) is 11.9. The van der Waals surface area contributed by atoms with Gasteiger partial charge in [-0.2, -0.15) is 0 Å². The van der Waals surface area contributed by atoms with Gasteiger partial charge in [-0.3, -0.25) is 0 Å². The summed E-state index contributed by atoms with van der Waals surface area (Å²) < 4.78 is 16.0. The monoisotopic (exact) mass is 281 g/mol. The van der Waals surface area contributed by atoms with Crippen LogP contribution < -0.4 is 16.2 Å². The first kappa shape index (κ1) is 16.3. The lowest BCUT2D eigenvalue weighted by Gasteiger charge is -2.07. The van der Waals surface area contributed by atoms with Gasteiger partial charge in [-0.05, 0) is 24.6 Å². The second-order valence-corrected chi connectivity index (χ2v) is 4.04. The number of nitrogens with two attached hydrogens (primary N) is 2. The first-order valence-electron chi connectivity index (χ1n) is 6.65. The smallest absolute Gasteiger partial charge is 0.186 e. The molecule has 1 aromatic carbocycles. The van der Waals surface area contributed by atoms with Gasteiger partial charge in [0.25, 0.3) is 0 Å². The molecule has 112 valence electrons. The van der Waals surface area contributed by atoms with Gasteiger partial charge in [-0.15, -0.1) is 0 Å². The topological polar surface area (TPSA) is 92.1 Å². The Morgan fingerprint density at radius 3 is 2.30 bits per heavy atom. The molecule has 6 nitrogen and oxygen atoms in total. The van der Waals surface area contributed by atoms with Crippen LogP contribution in [0.5, 0.6) is 5.75 Å². The van der Waals surface area contributed by atoms with Gasteiger partial charge < -0.3 is 25.7 Å². The molecule has 0 unspecified atom stereocenters. The summed E-state index contributed by atoms with van der Waals surface area (Å²) in [5.74, 6) is 0.890. The number of hydrogen-bond donors (Lipinski definition) is 2. The highest BCUT2D eigenvalue weighted by Gasteiger charge is 1.96.